The molecule has 1 fully saturated rings. The summed E-state index contributed by atoms with van der Waals surface area (Å²) < 4.78 is 33.7. The van der Waals surface area contributed by atoms with Crippen molar-refractivity contribution in [2.75, 3.05) is 11.5 Å². The van der Waals surface area contributed by atoms with Crippen molar-refractivity contribution in [3.05, 3.63) is 29.8 Å². The number of sulfonamides is 1. The van der Waals surface area contributed by atoms with Crippen LogP contribution in [-0.4, -0.2) is 30.2 Å². The van der Waals surface area contributed by atoms with Gasteiger partial charge in [0.15, 0.2) is 0 Å². The highest BCUT2D eigenvalue weighted by molar-refractivity contribution is 7.89. The van der Waals surface area contributed by atoms with Gasteiger partial charge in [0, 0.05) is 34.4 Å². The third-order valence-electron chi connectivity index (χ3n) is 3.58. The van der Waals surface area contributed by atoms with Crippen molar-refractivity contribution in [1.29, 1.82) is 0 Å². The molecule has 1 aliphatic heterocycles. The van der Waals surface area contributed by atoms with E-state index in [1.807, 2.05) is 6.92 Å². The smallest absolute Gasteiger partial charge is 0.238 e. The lowest BCUT2D eigenvalue weighted by atomic mass is 10.1. The van der Waals surface area contributed by atoms with Crippen LogP contribution >= 0.6 is 0 Å². The highest BCUT2D eigenvalue weighted by Crippen LogP contribution is 2.18. The average molecular weight is 316 g/mol. The van der Waals surface area contributed by atoms with Gasteiger partial charge in [0.05, 0.1) is 4.90 Å². The first-order valence-electron chi connectivity index (χ1n) is 6.60. The Balaban J connectivity index is 1.99. The predicted molar refractivity (Wildman–Crippen MR) is 80.3 cm³/mol. The summed E-state index contributed by atoms with van der Waals surface area (Å²) in [6, 6.07) is 7.11. The van der Waals surface area contributed by atoms with Gasteiger partial charge in [0.25, 0.3) is 0 Å². The standard InChI is InChI=1S/C13H20N2O3S2/c1-10(15-12-6-8-19(16)9-7-12)11-2-4-13(5-3-11)20(14,17)18/h2-5,10,12,15H,6-9H2,1H3,(H2,14,17,18). The Labute approximate surface area is 122 Å². The Morgan fingerprint density at radius 3 is 2.30 bits per heavy atom. The largest absolute Gasteiger partial charge is 0.307 e. The first kappa shape index (κ1) is 15.6. The molecule has 5 nitrogen and oxygen atoms in total. The predicted octanol–water partition coefficient (Wildman–Crippen LogP) is 0.896. The Morgan fingerprint density at radius 1 is 1.25 bits per heavy atom. The summed E-state index contributed by atoms with van der Waals surface area (Å²) in [6.07, 6.45) is 1.85. The first-order valence-corrected chi connectivity index (χ1v) is 9.63. The van der Waals surface area contributed by atoms with E-state index in [9.17, 15) is 12.6 Å². The molecule has 3 N–H and O–H groups in total. The quantitative estimate of drug-likeness (QED) is 0.863. The summed E-state index contributed by atoms with van der Waals surface area (Å²) in [5.74, 6) is 1.52. The summed E-state index contributed by atoms with van der Waals surface area (Å²) >= 11 is 0. The van der Waals surface area contributed by atoms with Crippen molar-refractivity contribution in [2.45, 2.75) is 36.7 Å². The van der Waals surface area contributed by atoms with Gasteiger partial charge in [-0.3, -0.25) is 4.21 Å². The van der Waals surface area contributed by atoms with Crippen LogP contribution in [0, 0.1) is 0 Å². The minimum absolute atomic E-state index is 0.126. The number of nitrogens with one attached hydrogen (secondary N) is 1. The van der Waals surface area contributed by atoms with E-state index in [2.05, 4.69) is 5.32 Å². The molecular weight excluding hydrogens is 296 g/mol. The molecule has 0 saturated carbocycles. The zero-order valence-corrected chi connectivity index (χ0v) is 13.0. The summed E-state index contributed by atoms with van der Waals surface area (Å²) in [7, 11) is -4.29. The topological polar surface area (TPSA) is 89.3 Å². The third-order valence-corrected chi connectivity index (χ3v) is 5.89. The van der Waals surface area contributed by atoms with Crippen LogP contribution < -0.4 is 10.5 Å². The Morgan fingerprint density at radius 2 is 1.80 bits per heavy atom. The molecule has 1 aromatic carbocycles. The molecule has 0 radical (unpaired) electrons. The molecule has 112 valence electrons. The average Bonchev–Trinajstić information content (AvgIpc) is 2.40. The molecule has 1 aromatic rings. The van der Waals surface area contributed by atoms with Crippen LogP contribution in [0.2, 0.25) is 0 Å². The maximum Gasteiger partial charge on any atom is 0.238 e. The fourth-order valence-electron chi connectivity index (χ4n) is 2.36. The molecular formula is C13H20N2O3S2. The number of nitrogens with two attached hydrogens (primary N) is 1. The van der Waals surface area contributed by atoms with E-state index in [0.29, 0.717) is 6.04 Å². The van der Waals surface area contributed by atoms with Gasteiger partial charge in [0.1, 0.15) is 0 Å². The highest BCUT2D eigenvalue weighted by Gasteiger charge is 2.20. The van der Waals surface area contributed by atoms with Gasteiger partial charge in [-0.15, -0.1) is 0 Å². The van der Waals surface area contributed by atoms with Gasteiger partial charge >= 0.3 is 0 Å². The third kappa shape index (κ3) is 4.12. The van der Waals surface area contributed by atoms with E-state index < -0.39 is 20.8 Å². The van der Waals surface area contributed by atoms with E-state index in [0.717, 1.165) is 29.9 Å². The van der Waals surface area contributed by atoms with Crippen LogP contribution in [0.15, 0.2) is 29.2 Å². The maximum atomic E-state index is 11.3. The summed E-state index contributed by atoms with van der Waals surface area (Å²) in [6.45, 7) is 2.04. The number of primary sulfonamides is 1. The molecule has 0 aromatic heterocycles. The second-order valence-electron chi connectivity index (χ2n) is 5.12. The second kappa shape index (κ2) is 6.34. The normalized spacial score (nSPS) is 25.3. The molecule has 1 heterocycles. The Bertz CT molecular complexity index is 574. The molecule has 1 saturated heterocycles. The van der Waals surface area contributed by atoms with Crippen LogP contribution in [0.4, 0.5) is 0 Å². The van der Waals surface area contributed by atoms with Crippen molar-refractivity contribution in [1.82, 2.24) is 5.32 Å². The molecule has 0 spiro atoms. The minimum atomic E-state index is -3.63. The van der Waals surface area contributed by atoms with E-state index >= 15 is 0 Å². The lowest BCUT2D eigenvalue weighted by molar-refractivity contribution is 0.427. The van der Waals surface area contributed by atoms with Gasteiger partial charge in [-0.25, -0.2) is 13.6 Å². The van der Waals surface area contributed by atoms with Crippen LogP contribution in [0.1, 0.15) is 31.4 Å². The van der Waals surface area contributed by atoms with Crippen LogP contribution in [0.5, 0.6) is 0 Å². The van der Waals surface area contributed by atoms with Crippen molar-refractivity contribution < 1.29 is 12.6 Å². The Kier molecular flexibility index (Phi) is 4.95. The molecule has 0 aliphatic carbocycles. The summed E-state index contributed by atoms with van der Waals surface area (Å²) in [5.41, 5.74) is 1.02. The molecule has 7 heteroatoms. The van der Waals surface area contributed by atoms with Gasteiger partial charge in [0.2, 0.25) is 10.0 Å². The van der Waals surface area contributed by atoms with Crippen LogP contribution in [0.25, 0.3) is 0 Å². The molecule has 1 unspecified atom stereocenters. The van der Waals surface area contributed by atoms with Gasteiger partial charge in [-0.1, -0.05) is 12.1 Å². The van der Waals surface area contributed by atoms with Crippen molar-refractivity contribution in [3.63, 3.8) is 0 Å². The van der Waals surface area contributed by atoms with E-state index in [1.165, 1.54) is 12.1 Å². The lowest BCUT2D eigenvalue weighted by Gasteiger charge is -2.26. The summed E-state index contributed by atoms with van der Waals surface area (Å²) in [5, 5.41) is 8.57. The molecule has 0 amide bonds. The molecule has 2 rings (SSSR count). The van der Waals surface area contributed by atoms with Crippen molar-refractivity contribution in [2.24, 2.45) is 5.14 Å². The molecule has 0 bridgehead atoms. The van der Waals surface area contributed by atoms with E-state index in [4.69, 9.17) is 5.14 Å². The zero-order chi connectivity index (χ0) is 14.8. The lowest BCUT2D eigenvalue weighted by Crippen LogP contribution is -2.37. The fourth-order valence-corrected chi connectivity index (χ4v) is 4.17. The number of rotatable bonds is 4. The monoisotopic (exact) mass is 316 g/mol. The Hall–Kier alpha value is -0.760. The van der Waals surface area contributed by atoms with E-state index in [1.54, 1.807) is 12.1 Å². The van der Waals surface area contributed by atoms with Crippen molar-refractivity contribution in [3.8, 4) is 0 Å². The number of benzene rings is 1. The van der Waals surface area contributed by atoms with E-state index in [-0.39, 0.29) is 10.9 Å². The van der Waals surface area contributed by atoms with Gasteiger partial charge in [-0.05, 0) is 37.5 Å². The van der Waals surface area contributed by atoms with Crippen LogP contribution in [0.3, 0.4) is 0 Å². The fraction of sp³-hybridized carbons (Fsp3) is 0.538. The first-order chi connectivity index (χ1) is 9.36. The summed E-state index contributed by atoms with van der Waals surface area (Å²) in [4.78, 5) is 0.126. The number of hydrogen-bond donors (Lipinski definition) is 2. The maximum absolute atomic E-state index is 11.3. The zero-order valence-electron chi connectivity index (χ0n) is 11.4. The molecule has 1 atom stereocenters. The highest BCUT2D eigenvalue weighted by atomic mass is 32.2. The SMILES string of the molecule is CC(NC1CCS(=O)CC1)c1ccc(S(N)(=O)=O)cc1. The minimum Gasteiger partial charge on any atom is -0.307 e. The number of hydrogen-bond acceptors (Lipinski definition) is 4. The molecule has 1 aliphatic rings. The van der Waals surface area contributed by atoms with Crippen molar-refractivity contribution >= 4 is 20.8 Å². The van der Waals surface area contributed by atoms with Gasteiger partial charge < -0.3 is 5.32 Å². The van der Waals surface area contributed by atoms with Crippen LogP contribution in [-0.2, 0) is 20.8 Å². The van der Waals surface area contributed by atoms with Gasteiger partial charge in [-0.2, -0.15) is 0 Å². The second-order valence-corrected chi connectivity index (χ2v) is 8.38. The molecule has 20 heavy (non-hydrogen) atoms.